The normalized spacial score (nSPS) is 23.2. The molecule has 2 heterocycles. The van der Waals surface area contributed by atoms with Crippen molar-refractivity contribution < 1.29 is 4.74 Å². The minimum atomic E-state index is 0.351. The second-order valence-electron chi connectivity index (χ2n) is 5.20. The Morgan fingerprint density at radius 1 is 1.61 bits per heavy atom. The minimum absolute atomic E-state index is 0.351. The van der Waals surface area contributed by atoms with E-state index in [-0.39, 0.29) is 0 Å². The molecule has 3 unspecified atom stereocenters. The first-order chi connectivity index (χ1) is 8.74. The van der Waals surface area contributed by atoms with Gasteiger partial charge in [-0.1, -0.05) is 6.92 Å². The maximum atomic E-state index is 5.76. The molecule has 0 bridgehead atoms. The van der Waals surface area contributed by atoms with E-state index in [0.717, 1.165) is 31.6 Å². The summed E-state index contributed by atoms with van der Waals surface area (Å²) in [5.74, 6) is 0. The average Bonchev–Trinajstić information content (AvgIpc) is 3.05. The maximum absolute atomic E-state index is 5.76. The summed E-state index contributed by atoms with van der Waals surface area (Å²) in [5, 5.41) is 8.03. The molecule has 0 spiro atoms. The first-order valence-electron chi connectivity index (χ1n) is 7.07. The third-order valence-electron chi connectivity index (χ3n) is 3.92. The van der Waals surface area contributed by atoms with E-state index in [4.69, 9.17) is 4.74 Å². The zero-order valence-electron chi connectivity index (χ0n) is 11.7. The SMILES string of the molecule is CCC(C)n1ccc(CC(NC)C2CCCO2)n1. The molecule has 0 aromatic carbocycles. The Balaban J connectivity index is 1.96. The number of rotatable bonds is 6. The highest BCUT2D eigenvalue weighted by Crippen LogP contribution is 2.18. The van der Waals surface area contributed by atoms with Gasteiger partial charge in [-0.25, -0.2) is 0 Å². The van der Waals surface area contributed by atoms with Gasteiger partial charge in [-0.15, -0.1) is 0 Å². The molecule has 4 heteroatoms. The number of nitrogens with zero attached hydrogens (tertiary/aromatic N) is 2. The molecular weight excluding hydrogens is 226 g/mol. The third-order valence-corrected chi connectivity index (χ3v) is 3.92. The fourth-order valence-corrected chi connectivity index (χ4v) is 2.48. The number of hydrogen-bond donors (Lipinski definition) is 1. The molecule has 102 valence electrons. The molecule has 2 rings (SSSR count). The van der Waals surface area contributed by atoms with E-state index in [0.29, 0.717) is 18.2 Å². The van der Waals surface area contributed by atoms with E-state index < -0.39 is 0 Å². The molecule has 1 aliphatic heterocycles. The van der Waals surface area contributed by atoms with Crippen molar-refractivity contribution in [3.63, 3.8) is 0 Å². The summed E-state index contributed by atoms with van der Waals surface area (Å²) in [6, 6.07) is 2.99. The van der Waals surface area contributed by atoms with Crippen molar-refractivity contribution in [2.24, 2.45) is 0 Å². The lowest BCUT2D eigenvalue weighted by molar-refractivity contribution is 0.0805. The summed E-state index contributed by atoms with van der Waals surface area (Å²) < 4.78 is 7.82. The predicted molar refractivity (Wildman–Crippen MR) is 72.8 cm³/mol. The van der Waals surface area contributed by atoms with Crippen molar-refractivity contribution in [1.82, 2.24) is 15.1 Å². The Labute approximate surface area is 110 Å². The Morgan fingerprint density at radius 3 is 3.06 bits per heavy atom. The average molecular weight is 251 g/mol. The van der Waals surface area contributed by atoms with Crippen LogP contribution in [-0.4, -0.2) is 35.6 Å². The molecule has 1 saturated heterocycles. The van der Waals surface area contributed by atoms with Gasteiger partial charge in [0.25, 0.3) is 0 Å². The molecule has 18 heavy (non-hydrogen) atoms. The van der Waals surface area contributed by atoms with Crippen LogP contribution in [0.4, 0.5) is 0 Å². The largest absolute Gasteiger partial charge is 0.377 e. The third kappa shape index (κ3) is 3.12. The van der Waals surface area contributed by atoms with Crippen LogP contribution in [0.3, 0.4) is 0 Å². The van der Waals surface area contributed by atoms with Gasteiger partial charge in [0.05, 0.1) is 11.8 Å². The second-order valence-corrected chi connectivity index (χ2v) is 5.20. The molecule has 1 fully saturated rings. The van der Waals surface area contributed by atoms with Crippen molar-refractivity contribution in [3.05, 3.63) is 18.0 Å². The number of nitrogens with one attached hydrogen (secondary N) is 1. The fourth-order valence-electron chi connectivity index (χ4n) is 2.48. The fraction of sp³-hybridized carbons (Fsp3) is 0.786. The van der Waals surface area contributed by atoms with Gasteiger partial charge in [-0.3, -0.25) is 4.68 Å². The molecule has 1 aliphatic rings. The summed E-state index contributed by atoms with van der Waals surface area (Å²) in [6.45, 7) is 5.30. The number of aromatic nitrogens is 2. The Morgan fingerprint density at radius 2 is 2.44 bits per heavy atom. The summed E-state index contributed by atoms with van der Waals surface area (Å²) in [5.41, 5.74) is 1.16. The van der Waals surface area contributed by atoms with Gasteiger partial charge in [-0.2, -0.15) is 5.10 Å². The van der Waals surface area contributed by atoms with Gasteiger partial charge in [0.15, 0.2) is 0 Å². The highest BCUT2D eigenvalue weighted by molar-refractivity contribution is 5.03. The van der Waals surface area contributed by atoms with Crippen LogP contribution in [0.15, 0.2) is 12.3 Å². The van der Waals surface area contributed by atoms with Crippen LogP contribution in [0, 0.1) is 0 Å². The topological polar surface area (TPSA) is 39.1 Å². The Kier molecular flexibility index (Phi) is 4.78. The summed E-state index contributed by atoms with van der Waals surface area (Å²) in [7, 11) is 2.01. The molecule has 0 amide bonds. The molecule has 1 aromatic rings. The smallest absolute Gasteiger partial charge is 0.0732 e. The summed E-state index contributed by atoms with van der Waals surface area (Å²) in [6.07, 6.45) is 6.85. The molecule has 0 aliphatic carbocycles. The first kappa shape index (κ1) is 13.6. The molecular formula is C14H25N3O. The highest BCUT2D eigenvalue weighted by atomic mass is 16.5. The second kappa shape index (κ2) is 6.34. The summed E-state index contributed by atoms with van der Waals surface area (Å²) in [4.78, 5) is 0. The highest BCUT2D eigenvalue weighted by Gasteiger charge is 2.25. The van der Waals surface area contributed by atoms with Gasteiger partial charge in [0.1, 0.15) is 0 Å². The summed E-state index contributed by atoms with van der Waals surface area (Å²) >= 11 is 0. The first-order valence-corrected chi connectivity index (χ1v) is 7.07. The Hall–Kier alpha value is -0.870. The van der Waals surface area contributed by atoms with E-state index >= 15 is 0 Å². The van der Waals surface area contributed by atoms with E-state index in [1.165, 1.54) is 6.42 Å². The molecule has 4 nitrogen and oxygen atoms in total. The lowest BCUT2D eigenvalue weighted by atomic mass is 10.0. The van der Waals surface area contributed by atoms with Crippen LogP contribution in [0.25, 0.3) is 0 Å². The van der Waals surface area contributed by atoms with E-state index in [2.05, 4.69) is 41.2 Å². The maximum Gasteiger partial charge on any atom is 0.0732 e. The zero-order chi connectivity index (χ0) is 13.0. The van der Waals surface area contributed by atoms with Crippen LogP contribution in [-0.2, 0) is 11.2 Å². The molecule has 0 saturated carbocycles. The predicted octanol–water partition coefficient (Wildman–Crippen LogP) is 2.16. The van der Waals surface area contributed by atoms with Crippen LogP contribution in [0.1, 0.15) is 44.8 Å². The van der Waals surface area contributed by atoms with Gasteiger partial charge in [0.2, 0.25) is 0 Å². The quantitative estimate of drug-likeness (QED) is 0.842. The molecule has 3 atom stereocenters. The monoisotopic (exact) mass is 251 g/mol. The van der Waals surface area contributed by atoms with Gasteiger partial charge >= 0.3 is 0 Å². The van der Waals surface area contributed by atoms with Crippen LogP contribution in [0.2, 0.25) is 0 Å². The van der Waals surface area contributed by atoms with Crippen molar-refractivity contribution in [2.75, 3.05) is 13.7 Å². The minimum Gasteiger partial charge on any atom is -0.377 e. The van der Waals surface area contributed by atoms with E-state index in [1.54, 1.807) is 0 Å². The van der Waals surface area contributed by atoms with Crippen LogP contribution in [0.5, 0.6) is 0 Å². The molecule has 1 N–H and O–H groups in total. The van der Waals surface area contributed by atoms with Crippen LogP contribution < -0.4 is 5.32 Å². The van der Waals surface area contributed by atoms with Crippen molar-refractivity contribution >= 4 is 0 Å². The van der Waals surface area contributed by atoms with Gasteiger partial charge in [0, 0.05) is 31.3 Å². The number of ether oxygens (including phenoxy) is 1. The van der Waals surface area contributed by atoms with Crippen LogP contribution >= 0.6 is 0 Å². The molecule has 1 aromatic heterocycles. The number of likely N-dealkylation sites (N-methyl/N-ethyl adjacent to an activating group) is 1. The zero-order valence-corrected chi connectivity index (χ0v) is 11.7. The lowest BCUT2D eigenvalue weighted by Gasteiger charge is -2.21. The standard InChI is InChI=1S/C14H25N3O/c1-4-11(2)17-8-7-12(16-17)10-13(15-3)14-6-5-9-18-14/h7-8,11,13-15H,4-6,9-10H2,1-3H3. The van der Waals surface area contributed by atoms with Gasteiger partial charge in [-0.05, 0) is 39.3 Å². The van der Waals surface area contributed by atoms with E-state index in [9.17, 15) is 0 Å². The number of hydrogen-bond acceptors (Lipinski definition) is 3. The van der Waals surface area contributed by atoms with Crippen molar-refractivity contribution in [3.8, 4) is 0 Å². The molecule has 0 radical (unpaired) electrons. The van der Waals surface area contributed by atoms with Crippen molar-refractivity contribution in [2.45, 2.75) is 57.7 Å². The van der Waals surface area contributed by atoms with Gasteiger partial charge < -0.3 is 10.1 Å². The van der Waals surface area contributed by atoms with Crippen molar-refractivity contribution in [1.29, 1.82) is 0 Å². The Bertz CT molecular complexity index is 358. The van der Waals surface area contributed by atoms with E-state index in [1.807, 2.05) is 7.05 Å². The lowest BCUT2D eigenvalue weighted by Crippen LogP contribution is -2.39.